The first-order valence-electron chi connectivity index (χ1n) is 6.54. The summed E-state index contributed by atoms with van der Waals surface area (Å²) in [7, 11) is 0. The lowest BCUT2D eigenvalue weighted by Crippen LogP contribution is -2.23. The molecule has 0 bridgehead atoms. The fourth-order valence-corrected chi connectivity index (χ4v) is 2.86. The van der Waals surface area contributed by atoms with Gasteiger partial charge in [-0.1, -0.05) is 13.8 Å². The molecule has 7 heteroatoms. The monoisotopic (exact) mass is 315 g/mol. The summed E-state index contributed by atoms with van der Waals surface area (Å²) in [5, 5.41) is 3.48. The Morgan fingerprint density at radius 3 is 2.48 bits per heavy atom. The van der Waals surface area contributed by atoms with Crippen LogP contribution >= 0.6 is 11.3 Å². The van der Waals surface area contributed by atoms with E-state index in [1.807, 2.05) is 13.8 Å². The van der Waals surface area contributed by atoms with Gasteiger partial charge in [0.05, 0.1) is 9.88 Å². The predicted molar refractivity (Wildman–Crippen MR) is 76.1 cm³/mol. The number of aromatic nitrogens is 2. The normalized spacial score (nSPS) is 12.1. The molecule has 0 aliphatic heterocycles. The Morgan fingerprint density at radius 1 is 1.24 bits per heavy atom. The maximum absolute atomic E-state index is 13.0. The number of rotatable bonds is 5. The summed E-state index contributed by atoms with van der Waals surface area (Å²) in [6.07, 6.45) is -0.789. The van der Waals surface area contributed by atoms with Gasteiger partial charge >= 0.3 is 6.18 Å². The van der Waals surface area contributed by atoms with Crippen molar-refractivity contribution in [3.63, 3.8) is 0 Å². The van der Waals surface area contributed by atoms with Gasteiger partial charge in [0.25, 0.3) is 0 Å². The molecule has 0 amide bonds. The van der Waals surface area contributed by atoms with Gasteiger partial charge in [0, 0.05) is 31.4 Å². The van der Waals surface area contributed by atoms with E-state index in [2.05, 4.69) is 15.3 Å². The third-order valence-electron chi connectivity index (χ3n) is 2.79. The summed E-state index contributed by atoms with van der Waals surface area (Å²) >= 11 is 1.11. The van der Waals surface area contributed by atoms with Crippen LogP contribution in [0.2, 0.25) is 0 Å². The second kappa shape index (κ2) is 6.53. The first-order valence-corrected chi connectivity index (χ1v) is 7.36. The summed E-state index contributed by atoms with van der Waals surface area (Å²) < 4.78 is 39.1. The molecule has 0 aromatic carbocycles. The number of thiazole rings is 1. The van der Waals surface area contributed by atoms with Crippen molar-refractivity contribution in [2.75, 3.05) is 0 Å². The van der Waals surface area contributed by atoms with Gasteiger partial charge in [-0.3, -0.25) is 4.98 Å². The largest absolute Gasteiger partial charge is 0.434 e. The number of alkyl halides is 3. The predicted octanol–water partition coefficient (Wildman–Crippen LogP) is 3.65. The van der Waals surface area contributed by atoms with Crippen LogP contribution in [0, 0.1) is 0 Å². The molecule has 0 fully saturated rings. The third-order valence-corrected chi connectivity index (χ3v) is 3.84. The van der Waals surface area contributed by atoms with Crippen LogP contribution in [0.3, 0.4) is 0 Å². The molecule has 0 spiro atoms. The molecular weight excluding hydrogens is 299 g/mol. The minimum atomic E-state index is -4.42. The molecule has 0 saturated carbocycles. The first kappa shape index (κ1) is 15.9. The minimum absolute atomic E-state index is 0.122. The first-order chi connectivity index (χ1) is 9.86. The number of hydrogen-bond donors (Lipinski definition) is 1. The minimum Gasteiger partial charge on any atom is -0.310 e. The highest BCUT2D eigenvalue weighted by Crippen LogP contribution is 2.35. The molecule has 0 radical (unpaired) electrons. The molecule has 2 rings (SSSR count). The molecule has 2 heterocycles. The maximum Gasteiger partial charge on any atom is 0.434 e. The van der Waals surface area contributed by atoms with Gasteiger partial charge in [-0.2, -0.15) is 13.2 Å². The fourth-order valence-electron chi connectivity index (χ4n) is 1.79. The van der Waals surface area contributed by atoms with Crippen LogP contribution < -0.4 is 5.32 Å². The fraction of sp³-hybridized carbons (Fsp3) is 0.429. The zero-order valence-electron chi connectivity index (χ0n) is 11.7. The van der Waals surface area contributed by atoms with Crippen LogP contribution in [0.1, 0.15) is 35.0 Å². The molecule has 0 unspecified atom stereocenters. The van der Waals surface area contributed by atoms with Gasteiger partial charge in [0.15, 0.2) is 5.69 Å². The Bertz CT molecular complexity index is 579. The Kier molecular flexibility index (Phi) is 4.95. The molecule has 0 atom stereocenters. The smallest absolute Gasteiger partial charge is 0.310 e. The summed E-state index contributed by atoms with van der Waals surface area (Å²) in [5.41, 5.74) is 0.126. The number of pyridine rings is 1. The lowest BCUT2D eigenvalue weighted by atomic mass is 10.2. The molecule has 2 aromatic heterocycles. The van der Waals surface area contributed by atoms with E-state index < -0.39 is 11.9 Å². The molecule has 2 aromatic rings. The van der Waals surface area contributed by atoms with E-state index in [0.717, 1.165) is 16.9 Å². The van der Waals surface area contributed by atoms with Crippen LogP contribution in [0.15, 0.2) is 24.5 Å². The van der Waals surface area contributed by atoms with E-state index in [4.69, 9.17) is 0 Å². The van der Waals surface area contributed by atoms with E-state index in [0.29, 0.717) is 11.4 Å². The van der Waals surface area contributed by atoms with Crippen LogP contribution in [0.5, 0.6) is 0 Å². The van der Waals surface area contributed by atoms with E-state index in [9.17, 15) is 13.2 Å². The van der Waals surface area contributed by atoms with Gasteiger partial charge in [0.1, 0.15) is 0 Å². The lowest BCUT2D eigenvalue weighted by Gasteiger charge is -2.09. The average Bonchev–Trinajstić information content (AvgIpc) is 2.80. The maximum atomic E-state index is 13.0. The van der Waals surface area contributed by atoms with Gasteiger partial charge in [-0.05, 0) is 17.7 Å². The zero-order chi connectivity index (χ0) is 15.5. The van der Waals surface area contributed by atoms with Crippen LogP contribution in [-0.2, 0) is 19.1 Å². The lowest BCUT2D eigenvalue weighted by molar-refractivity contribution is -0.141. The molecule has 0 aliphatic rings. The van der Waals surface area contributed by atoms with E-state index in [1.54, 1.807) is 24.5 Å². The molecule has 0 aliphatic carbocycles. The number of nitrogens with zero attached hydrogens (tertiary/aromatic N) is 2. The molecule has 0 saturated heterocycles. The quantitative estimate of drug-likeness (QED) is 0.915. The molecule has 21 heavy (non-hydrogen) atoms. The zero-order valence-corrected chi connectivity index (χ0v) is 12.6. The van der Waals surface area contributed by atoms with Crippen molar-refractivity contribution in [2.45, 2.75) is 39.0 Å². The van der Waals surface area contributed by atoms with Gasteiger partial charge in [-0.15, -0.1) is 11.3 Å². The van der Waals surface area contributed by atoms with Gasteiger partial charge in [-0.25, -0.2) is 4.98 Å². The van der Waals surface area contributed by atoms with Gasteiger partial charge < -0.3 is 5.32 Å². The Morgan fingerprint density at radius 2 is 1.90 bits per heavy atom. The van der Waals surface area contributed by atoms with Crippen LogP contribution in [0.25, 0.3) is 0 Å². The number of hydrogen-bond acceptors (Lipinski definition) is 4. The van der Waals surface area contributed by atoms with E-state index in [1.165, 1.54) is 0 Å². The van der Waals surface area contributed by atoms with Crippen LogP contribution in [-0.4, -0.2) is 16.0 Å². The van der Waals surface area contributed by atoms with Crippen LogP contribution in [0.4, 0.5) is 13.2 Å². The van der Waals surface area contributed by atoms with Crippen molar-refractivity contribution >= 4 is 11.3 Å². The number of nitrogens with one attached hydrogen (secondary N) is 1. The Balaban J connectivity index is 2.23. The van der Waals surface area contributed by atoms with E-state index in [-0.39, 0.29) is 17.5 Å². The van der Waals surface area contributed by atoms with Gasteiger partial charge in [0.2, 0.25) is 0 Å². The van der Waals surface area contributed by atoms with Crippen molar-refractivity contribution in [2.24, 2.45) is 0 Å². The molecule has 1 N–H and O–H groups in total. The Hall–Kier alpha value is -1.47. The second-order valence-electron chi connectivity index (χ2n) is 4.94. The number of halogens is 3. The van der Waals surface area contributed by atoms with Crippen molar-refractivity contribution in [3.8, 4) is 0 Å². The molecule has 114 valence electrons. The summed E-state index contributed by atoms with van der Waals surface area (Å²) in [6, 6.07) is 3.68. The Labute approximate surface area is 125 Å². The topological polar surface area (TPSA) is 37.8 Å². The van der Waals surface area contributed by atoms with Crippen molar-refractivity contribution in [1.29, 1.82) is 0 Å². The highest BCUT2D eigenvalue weighted by molar-refractivity contribution is 7.11. The van der Waals surface area contributed by atoms with Crippen molar-refractivity contribution in [3.05, 3.63) is 45.7 Å². The van der Waals surface area contributed by atoms with Crippen molar-refractivity contribution in [1.82, 2.24) is 15.3 Å². The van der Waals surface area contributed by atoms with E-state index >= 15 is 0 Å². The summed E-state index contributed by atoms with van der Waals surface area (Å²) in [6.45, 7) is 3.97. The average molecular weight is 315 g/mol. The SMILES string of the molecule is CC(C)NCc1sc(Cc2ccncc2)nc1C(F)(F)F. The second-order valence-corrected chi connectivity index (χ2v) is 6.11. The molecular formula is C14H16F3N3S. The summed E-state index contributed by atoms with van der Waals surface area (Å²) in [4.78, 5) is 7.92. The third kappa shape index (κ3) is 4.50. The van der Waals surface area contributed by atoms with Crippen molar-refractivity contribution < 1.29 is 13.2 Å². The standard InChI is InChI=1S/C14H16F3N3S/c1-9(2)19-8-11-13(14(15,16)17)20-12(21-11)7-10-3-5-18-6-4-10/h3-6,9,19H,7-8H2,1-2H3. The highest BCUT2D eigenvalue weighted by Gasteiger charge is 2.37. The summed E-state index contributed by atoms with van der Waals surface area (Å²) in [5.74, 6) is 0. The highest BCUT2D eigenvalue weighted by atomic mass is 32.1. The molecule has 3 nitrogen and oxygen atoms in total.